The Bertz CT molecular complexity index is 459. The topological polar surface area (TPSA) is 41.5 Å². The summed E-state index contributed by atoms with van der Waals surface area (Å²) in [6, 6.07) is 0.0743. The van der Waals surface area contributed by atoms with Crippen LogP contribution in [0.15, 0.2) is 4.99 Å². The number of amidine groups is 1. The molecular weight excluding hydrogens is 270 g/mol. The SMILES string of the molecule is O=C1N=C(NC2CC3[C@H](C2)C3(F)F)SC12CCCC2. The van der Waals surface area contributed by atoms with E-state index in [9.17, 15) is 13.6 Å². The summed E-state index contributed by atoms with van der Waals surface area (Å²) in [5.74, 6) is -3.32. The zero-order valence-corrected chi connectivity index (χ0v) is 11.3. The Hall–Kier alpha value is -0.650. The maximum Gasteiger partial charge on any atom is 0.264 e. The number of nitrogens with one attached hydrogen (secondary N) is 1. The number of halogens is 2. The van der Waals surface area contributed by atoms with E-state index in [1.807, 2.05) is 0 Å². The number of nitrogens with zero attached hydrogens (tertiary/aromatic N) is 1. The molecule has 3 saturated carbocycles. The van der Waals surface area contributed by atoms with Crippen molar-refractivity contribution >= 4 is 22.8 Å². The van der Waals surface area contributed by atoms with Gasteiger partial charge in [0.05, 0.1) is 0 Å². The molecule has 0 saturated heterocycles. The molecule has 3 fully saturated rings. The van der Waals surface area contributed by atoms with Crippen LogP contribution in [0.5, 0.6) is 0 Å². The maximum atomic E-state index is 13.1. The van der Waals surface area contributed by atoms with E-state index >= 15 is 0 Å². The highest BCUT2D eigenvalue weighted by atomic mass is 32.2. The summed E-state index contributed by atoms with van der Waals surface area (Å²) in [5.41, 5.74) is 0. The molecule has 0 aromatic carbocycles. The van der Waals surface area contributed by atoms with Crippen LogP contribution < -0.4 is 5.32 Å². The molecule has 4 aliphatic rings. The third-order valence-electron chi connectivity index (χ3n) is 5.07. The van der Waals surface area contributed by atoms with Crippen LogP contribution in [0.2, 0.25) is 0 Å². The van der Waals surface area contributed by atoms with E-state index in [1.54, 1.807) is 0 Å². The molecule has 3 atom stereocenters. The minimum atomic E-state index is -2.43. The molecule has 1 N–H and O–H groups in total. The molecule has 6 heteroatoms. The predicted octanol–water partition coefficient (Wildman–Crippen LogP) is 2.56. The van der Waals surface area contributed by atoms with E-state index in [1.165, 1.54) is 11.8 Å². The van der Waals surface area contributed by atoms with Gasteiger partial charge in [0.25, 0.3) is 11.8 Å². The van der Waals surface area contributed by atoms with Crippen molar-refractivity contribution in [3.63, 3.8) is 0 Å². The Balaban J connectivity index is 1.38. The van der Waals surface area contributed by atoms with Gasteiger partial charge in [0.15, 0.2) is 5.17 Å². The Morgan fingerprint density at radius 2 is 1.84 bits per heavy atom. The molecule has 0 bridgehead atoms. The van der Waals surface area contributed by atoms with Crippen LogP contribution in [0.3, 0.4) is 0 Å². The first kappa shape index (κ1) is 12.1. The van der Waals surface area contributed by atoms with Crippen molar-refractivity contribution in [1.82, 2.24) is 5.32 Å². The minimum Gasteiger partial charge on any atom is -0.362 e. The van der Waals surface area contributed by atoms with Crippen LogP contribution in [-0.2, 0) is 4.79 Å². The van der Waals surface area contributed by atoms with Gasteiger partial charge < -0.3 is 5.32 Å². The number of hydrogen-bond acceptors (Lipinski definition) is 3. The smallest absolute Gasteiger partial charge is 0.264 e. The van der Waals surface area contributed by atoms with Crippen molar-refractivity contribution in [2.24, 2.45) is 16.8 Å². The molecular formula is C13H16F2N2OS. The van der Waals surface area contributed by atoms with Gasteiger partial charge >= 0.3 is 0 Å². The molecule has 3 nitrogen and oxygen atoms in total. The monoisotopic (exact) mass is 286 g/mol. The lowest BCUT2D eigenvalue weighted by molar-refractivity contribution is -0.119. The lowest BCUT2D eigenvalue weighted by atomic mass is 10.1. The standard InChI is InChI=1S/C13H16F2N2OS/c14-13(15)8-5-7(6-9(8)13)16-11-17-10(18)12(19-11)3-1-2-4-12/h7-9H,1-6H2,(H,16,17,18)/t7?,8-,9?/m0/s1. The number of carbonyl (C=O) groups excluding carboxylic acids is 1. The third-order valence-corrected chi connectivity index (χ3v) is 6.44. The molecule has 4 rings (SSSR count). The van der Waals surface area contributed by atoms with E-state index in [2.05, 4.69) is 10.3 Å². The van der Waals surface area contributed by atoms with E-state index in [4.69, 9.17) is 0 Å². The fraction of sp³-hybridized carbons (Fsp3) is 0.846. The predicted molar refractivity (Wildman–Crippen MR) is 69.3 cm³/mol. The van der Waals surface area contributed by atoms with E-state index < -0.39 is 17.8 Å². The second-order valence-corrected chi connectivity index (χ2v) is 7.60. The van der Waals surface area contributed by atoms with Crippen molar-refractivity contribution < 1.29 is 13.6 Å². The van der Waals surface area contributed by atoms with Crippen molar-refractivity contribution in [3.8, 4) is 0 Å². The molecule has 0 radical (unpaired) electrons. The highest BCUT2D eigenvalue weighted by molar-refractivity contribution is 8.16. The lowest BCUT2D eigenvalue weighted by Gasteiger charge is -2.20. The Labute approximate surface area is 114 Å². The van der Waals surface area contributed by atoms with Crippen LogP contribution in [-0.4, -0.2) is 27.8 Å². The molecule has 104 valence electrons. The lowest BCUT2D eigenvalue weighted by Crippen LogP contribution is -2.34. The first-order valence-corrected chi connectivity index (χ1v) is 7.79. The van der Waals surface area contributed by atoms with Crippen LogP contribution in [0.25, 0.3) is 0 Å². The third kappa shape index (κ3) is 1.68. The molecule has 1 spiro atoms. The number of alkyl halides is 2. The summed E-state index contributed by atoms with van der Waals surface area (Å²) in [6.07, 6.45) is 5.00. The Morgan fingerprint density at radius 1 is 1.21 bits per heavy atom. The number of hydrogen-bond donors (Lipinski definition) is 1. The number of amides is 1. The van der Waals surface area contributed by atoms with Crippen LogP contribution in [0.1, 0.15) is 38.5 Å². The summed E-state index contributed by atoms with van der Waals surface area (Å²) < 4.78 is 25.9. The van der Waals surface area contributed by atoms with Crippen molar-refractivity contribution in [3.05, 3.63) is 0 Å². The first-order valence-electron chi connectivity index (χ1n) is 6.98. The van der Waals surface area contributed by atoms with Gasteiger partial charge in [-0.3, -0.25) is 4.79 Å². The number of thioether (sulfide) groups is 1. The van der Waals surface area contributed by atoms with Gasteiger partial charge in [-0.05, 0) is 25.7 Å². The second-order valence-electron chi connectivity index (χ2n) is 6.23. The molecule has 1 amide bonds. The summed E-state index contributed by atoms with van der Waals surface area (Å²) in [7, 11) is 0. The van der Waals surface area contributed by atoms with Crippen molar-refractivity contribution in [1.29, 1.82) is 0 Å². The number of rotatable bonds is 1. The van der Waals surface area contributed by atoms with Gasteiger partial charge in [0.1, 0.15) is 4.75 Å². The summed E-state index contributed by atoms with van der Waals surface area (Å²) in [6.45, 7) is 0. The summed E-state index contributed by atoms with van der Waals surface area (Å²) in [5, 5.41) is 3.88. The molecule has 1 aliphatic heterocycles. The number of fused-ring (bicyclic) bond motifs is 1. The zero-order chi connectivity index (χ0) is 13.3. The molecule has 2 unspecified atom stereocenters. The maximum absolute atomic E-state index is 13.1. The van der Waals surface area contributed by atoms with E-state index in [-0.39, 0.29) is 16.7 Å². The normalized spacial score (nSPS) is 41.5. The van der Waals surface area contributed by atoms with Gasteiger partial charge in [-0.1, -0.05) is 24.6 Å². The number of aliphatic imine (C=N–C) groups is 1. The largest absolute Gasteiger partial charge is 0.362 e. The summed E-state index contributed by atoms with van der Waals surface area (Å²) in [4.78, 5) is 16.1. The van der Waals surface area contributed by atoms with E-state index in [0.29, 0.717) is 18.0 Å². The minimum absolute atomic E-state index is 0.0222. The van der Waals surface area contributed by atoms with Gasteiger partial charge in [0, 0.05) is 17.9 Å². The molecule has 19 heavy (non-hydrogen) atoms. The van der Waals surface area contributed by atoms with Gasteiger partial charge in [-0.25, -0.2) is 8.78 Å². The fourth-order valence-corrected chi connectivity index (χ4v) is 5.22. The van der Waals surface area contributed by atoms with Crippen molar-refractivity contribution in [2.75, 3.05) is 0 Å². The molecule has 1 heterocycles. The van der Waals surface area contributed by atoms with Crippen LogP contribution in [0.4, 0.5) is 8.78 Å². The fourth-order valence-electron chi connectivity index (χ4n) is 3.87. The highest BCUT2D eigenvalue weighted by Gasteiger charge is 2.71. The average molecular weight is 286 g/mol. The van der Waals surface area contributed by atoms with Gasteiger partial charge in [-0.2, -0.15) is 4.99 Å². The zero-order valence-electron chi connectivity index (χ0n) is 10.5. The van der Waals surface area contributed by atoms with Gasteiger partial charge in [-0.15, -0.1) is 0 Å². The molecule has 3 aliphatic carbocycles. The average Bonchev–Trinajstić information content (AvgIpc) is 2.84. The second kappa shape index (κ2) is 3.71. The van der Waals surface area contributed by atoms with Crippen molar-refractivity contribution in [2.45, 2.75) is 55.2 Å². The molecule has 0 aromatic heterocycles. The summed E-state index contributed by atoms with van der Waals surface area (Å²) >= 11 is 1.53. The van der Waals surface area contributed by atoms with Crippen LogP contribution in [0, 0.1) is 11.8 Å². The number of carbonyl (C=O) groups is 1. The molecule has 0 aromatic rings. The quantitative estimate of drug-likeness (QED) is 0.805. The first-order chi connectivity index (χ1) is 9.01. The van der Waals surface area contributed by atoms with Crippen LogP contribution >= 0.6 is 11.8 Å². The van der Waals surface area contributed by atoms with Gasteiger partial charge in [0.2, 0.25) is 0 Å². The highest BCUT2D eigenvalue weighted by Crippen LogP contribution is 2.64. The Kier molecular flexibility index (Phi) is 2.37. The Morgan fingerprint density at radius 3 is 2.47 bits per heavy atom. The van der Waals surface area contributed by atoms with E-state index in [0.717, 1.165) is 25.7 Å².